The van der Waals surface area contributed by atoms with Gasteiger partial charge < -0.3 is 14.5 Å². The number of hydrogen-bond acceptors (Lipinski definition) is 5. The second kappa shape index (κ2) is 10.1. The van der Waals surface area contributed by atoms with Crippen molar-refractivity contribution in [3.63, 3.8) is 0 Å². The number of nitrogens with zero attached hydrogens (tertiary/aromatic N) is 3. The van der Waals surface area contributed by atoms with E-state index >= 15 is 0 Å². The Morgan fingerprint density at radius 3 is 2.59 bits per heavy atom. The number of allylic oxidation sites excluding steroid dienone is 4. The van der Waals surface area contributed by atoms with Gasteiger partial charge in [0.25, 0.3) is 5.91 Å². The number of likely N-dealkylation sites (tertiary alicyclic amines) is 1. The van der Waals surface area contributed by atoms with Crippen LogP contribution in [0.2, 0.25) is 5.02 Å². The average Bonchev–Trinajstić information content (AvgIpc) is 3.54. The van der Waals surface area contributed by atoms with Gasteiger partial charge in [0.1, 0.15) is 4.91 Å². The molecule has 0 saturated carbocycles. The van der Waals surface area contributed by atoms with Crippen molar-refractivity contribution in [3.8, 4) is 0 Å². The molecule has 0 spiro atoms. The Kier molecular flexibility index (Phi) is 7.34. The van der Waals surface area contributed by atoms with E-state index in [2.05, 4.69) is 56.9 Å². The van der Waals surface area contributed by atoms with E-state index in [9.17, 15) is 4.79 Å². The second-order valence-corrected chi connectivity index (χ2v) is 13.0. The number of carbonyl (C=O) groups is 1. The molecule has 8 heteroatoms. The number of carbonyl (C=O) groups excluding carboxylic acids is 1. The van der Waals surface area contributed by atoms with Gasteiger partial charge in [0.2, 0.25) is 0 Å². The first-order valence-electron chi connectivity index (χ1n) is 13.0. The summed E-state index contributed by atoms with van der Waals surface area (Å²) in [5, 5.41) is 2.36. The van der Waals surface area contributed by atoms with Gasteiger partial charge in [-0.1, -0.05) is 68.3 Å². The molecule has 0 radical (unpaired) electrons. The molecule has 3 aliphatic heterocycles. The number of methoxy groups -OCH3 is 1. The Labute approximate surface area is 234 Å². The first-order chi connectivity index (χ1) is 17.6. The molecule has 3 heterocycles. The maximum absolute atomic E-state index is 14.0. The summed E-state index contributed by atoms with van der Waals surface area (Å²) in [5.74, 6) is 0.240. The Morgan fingerprint density at radius 1 is 1.24 bits per heavy atom. The van der Waals surface area contributed by atoms with Gasteiger partial charge in [-0.05, 0) is 67.6 Å². The van der Waals surface area contributed by atoms with E-state index in [1.165, 1.54) is 11.8 Å². The quantitative estimate of drug-likeness (QED) is 0.371. The van der Waals surface area contributed by atoms with Crippen LogP contribution in [0.5, 0.6) is 0 Å². The summed E-state index contributed by atoms with van der Waals surface area (Å²) in [6.45, 7) is 10.2. The van der Waals surface area contributed by atoms with Crippen LogP contribution in [0.4, 0.5) is 0 Å². The summed E-state index contributed by atoms with van der Waals surface area (Å²) in [5.41, 5.74) is 1.43. The van der Waals surface area contributed by atoms with Gasteiger partial charge in [0.15, 0.2) is 5.17 Å². The van der Waals surface area contributed by atoms with Crippen LogP contribution in [-0.4, -0.2) is 52.7 Å². The van der Waals surface area contributed by atoms with Gasteiger partial charge in [0.05, 0.1) is 24.2 Å². The lowest BCUT2D eigenvalue weighted by Crippen LogP contribution is -2.48. The molecule has 3 unspecified atom stereocenters. The standard InChI is InChI=1S/C29H35Cl2N3O2S/c1-18(2)23-24(26(35)33-16-6-7-22(33)17-36-5)37-27-32-29(4,28(3)14-12-21(31)13-15-28)25(34(23)27)19-8-10-20(30)11-9-19/h8-14,18,22,25H,6-7,15-17H2,1-5H3/t22-,25?,28?,29?/m0/s1. The molecule has 198 valence electrons. The molecule has 5 nitrogen and oxygen atoms in total. The molecule has 0 N–H and O–H groups in total. The van der Waals surface area contributed by atoms with Gasteiger partial charge in [-0.2, -0.15) is 0 Å². The molecule has 4 atom stereocenters. The van der Waals surface area contributed by atoms with Crippen molar-refractivity contribution in [1.82, 2.24) is 9.80 Å². The summed E-state index contributed by atoms with van der Waals surface area (Å²) >= 11 is 14.2. The van der Waals surface area contributed by atoms with Crippen LogP contribution in [0.1, 0.15) is 58.6 Å². The molecule has 4 aliphatic rings. The Hall–Kier alpha value is -1.73. The Balaban J connectivity index is 1.61. The molecule has 1 saturated heterocycles. The number of hydrogen-bond donors (Lipinski definition) is 0. The Morgan fingerprint density at radius 2 is 1.97 bits per heavy atom. The molecule has 1 fully saturated rings. The SMILES string of the molecule is COC[C@@H]1CCCN1C(=O)C1=C(C(C)C)N2C(=NC(C)(C3(C)C=CC(Cl)=CC3)C2c2ccc(Cl)cc2)S1. The van der Waals surface area contributed by atoms with Gasteiger partial charge in [-0.15, -0.1) is 0 Å². The second-order valence-electron chi connectivity index (χ2n) is 11.1. The Bertz CT molecular complexity index is 1210. The number of aliphatic imine (C=N–C) groups is 1. The van der Waals surface area contributed by atoms with Gasteiger partial charge in [-0.3, -0.25) is 9.79 Å². The summed E-state index contributed by atoms with van der Waals surface area (Å²) in [6.07, 6.45) is 9.05. The predicted octanol–water partition coefficient (Wildman–Crippen LogP) is 7.15. The fourth-order valence-corrected chi connectivity index (χ4v) is 7.81. The molecular weight excluding hydrogens is 525 g/mol. The van der Waals surface area contributed by atoms with Crippen LogP contribution < -0.4 is 0 Å². The van der Waals surface area contributed by atoms with Gasteiger partial charge in [0, 0.05) is 34.8 Å². The highest BCUT2D eigenvalue weighted by atomic mass is 35.5. The van der Waals surface area contributed by atoms with Crippen LogP contribution in [0.3, 0.4) is 0 Å². The van der Waals surface area contributed by atoms with Crippen LogP contribution in [-0.2, 0) is 9.53 Å². The minimum atomic E-state index is -0.491. The molecule has 1 aromatic carbocycles. The van der Waals surface area contributed by atoms with Crippen molar-refractivity contribution in [2.45, 2.75) is 64.6 Å². The van der Waals surface area contributed by atoms with E-state index in [-0.39, 0.29) is 29.3 Å². The molecule has 37 heavy (non-hydrogen) atoms. The number of amides is 1. The largest absolute Gasteiger partial charge is 0.383 e. The van der Waals surface area contributed by atoms with E-state index in [1.807, 2.05) is 23.1 Å². The third kappa shape index (κ3) is 4.48. The molecule has 5 rings (SSSR count). The van der Waals surface area contributed by atoms with Crippen molar-refractivity contribution in [3.05, 3.63) is 68.7 Å². The van der Waals surface area contributed by atoms with Gasteiger partial charge in [-0.25, -0.2) is 0 Å². The zero-order chi connectivity index (χ0) is 26.5. The lowest BCUT2D eigenvalue weighted by Gasteiger charge is -2.47. The number of halogens is 2. The van der Waals surface area contributed by atoms with Crippen molar-refractivity contribution in [2.24, 2.45) is 16.3 Å². The van der Waals surface area contributed by atoms with E-state index < -0.39 is 5.54 Å². The highest BCUT2D eigenvalue weighted by Crippen LogP contribution is 2.59. The molecule has 1 amide bonds. The molecule has 1 aromatic rings. The van der Waals surface area contributed by atoms with Crippen LogP contribution in [0.15, 0.2) is 63.1 Å². The number of benzene rings is 1. The first-order valence-corrected chi connectivity index (χ1v) is 14.6. The maximum Gasteiger partial charge on any atom is 0.262 e. The van der Waals surface area contributed by atoms with Crippen LogP contribution in [0, 0.1) is 11.3 Å². The minimum Gasteiger partial charge on any atom is -0.383 e. The third-order valence-electron chi connectivity index (χ3n) is 8.42. The molecule has 1 aliphatic carbocycles. The van der Waals surface area contributed by atoms with E-state index in [4.69, 9.17) is 32.9 Å². The summed E-state index contributed by atoms with van der Waals surface area (Å²) in [7, 11) is 1.70. The summed E-state index contributed by atoms with van der Waals surface area (Å²) in [6, 6.07) is 8.11. The molecular formula is C29H35Cl2N3O2S. The normalized spacial score (nSPS) is 31.4. The molecule has 0 bridgehead atoms. The fraction of sp³-hybridized carbons (Fsp3) is 0.517. The lowest BCUT2D eigenvalue weighted by molar-refractivity contribution is -0.128. The number of ether oxygens (including phenoxy) is 1. The van der Waals surface area contributed by atoms with Crippen molar-refractivity contribution in [2.75, 3.05) is 20.3 Å². The zero-order valence-electron chi connectivity index (χ0n) is 22.1. The van der Waals surface area contributed by atoms with Crippen molar-refractivity contribution >= 4 is 46.0 Å². The fourth-order valence-electron chi connectivity index (χ4n) is 6.18. The smallest absolute Gasteiger partial charge is 0.262 e. The van der Waals surface area contributed by atoms with Crippen molar-refractivity contribution < 1.29 is 9.53 Å². The van der Waals surface area contributed by atoms with Crippen LogP contribution >= 0.6 is 35.0 Å². The van der Waals surface area contributed by atoms with Gasteiger partial charge >= 0.3 is 0 Å². The number of thioether (sulfide) groups is 1. The highest BCUT2D eigenvalue weighted by Gasteiger charge is 2.59. The topological polar surface area (TPSA) is 45.1 Å². The third-order valence-corrected chi connectivity index (χ3v) is 10.0. The average molecular weight is 561 g/mol. The van der Waals surface area contributed by atoms with Crippen LogP contribution in [0.25, 0.3) is 0 Å². The predicted molar refractivity (Wildman–Crippen MR) is 154 cm³/mol. The summed E-state index contributed by atoms with van der Waals surface area (Å²) < 4.78 is 5.43. The number of fused-ring (bicyclic) bond motifs is 1. The monoisotopic (exact) mass is 559 g/mol. The maximum atomic E-state index is 14.0. The van der Waals surface area contributed by atoms with E-state index in [0.29, 0.717) is 11.6 Å². The lowest BCUT2D eigenvalue weighted by atomic mass is 9.63. The molecule has 0 aromatic heterocycles. The van der Waals surface area contributed by atoms with E-state index in [0.717, 1.165) is 52.2 Å². The minimum absolute atomic E-state index is 0.0942. The zero-order valence-corrected chi connectivity index (χ0v) is 24.5. The van der Waals surface area contributed by atoms with Crippen molar-refractivity contribution in [1.29, 1.82) is 0 Å². The summed E-state index contributed by atoms with van der Waals surface area (Å²) in [4.78, 5) is 24.6. The number of amidine groups is 1. The number of rotatable bonds is 6. The highest BCUT2D eigenvalue weighted by molar-refractivity contribution is 8.18. The van der Waals surface area contributed by atoms with E-state index in [1.54, 1.807) is 7.11 Å². The first kappa shape index (κ1) is 26.9.